The molecule has 0 fully saturated rings. The summed E-state index contributed by atoms with van der Waals surface area (Å²) in [5.74, 6) is 2.88. The molecule has 0 aliphatic carbocycles. The maximum Gasteiger partial charge on any atom is 0.303 e. The van der Waals surface area contributed by atoms with Crippen molar-refractivity contribution >= 4 is 11.4 Å². The van der Waals surface area contributed by atoms with Gasteiger partial charge in [0.05, 0.1) is 5.57 Å². The van der Waals surface area contributed by atoms with Gasteiger partial charge in [-0.2, -0.15) is 0 Å². The summed E-state index contributed by atoms with van der Waals surface area (Å²) in [5, 5.41) is 0. The Balaban J connectivity index is 2.29. The molecule has 0 aromatic heterocycles. The lowest BCUT2D eigenvalue weighted by Crippen LogP contribution is -1.98. The Morgan fingerprint density at radius 2 is 1.38 bits per heavy atom. The van der Waals surface area contributed by atoms with Gasteiger partial charge in [-0.3, -0.25) is 0 Å². The van der Waals surface area contributed by atoms with Crippen molar-refractivity contribution in [3.63, 3.8) is 0 Å². The molecule has 2 aromatic rings. The topological polar surface area (TPSA) is 36.4 Å². The molecule has 0 atom stereocenters. The molecule has 39 heavy (non-hydrogen) atoms. The molecule has 0 aliphatic heterocycles. The second-order valence-corrected chi connectivity index (χ2v) is 10.8. The third-order valence-electron chi connectivity index (χ3n) is 7.42. The Labute approximate surface area is 239 Å². The predicted octanol–water partition coefficient (Wildman–Crippen LogP) is 11.1. The van der Waals surface area contributed by atoms with Crippen LogP contribution in [0.25, 0.3) is 11.1 Å². The van der Waals surface area contributed by atoms with E-state index in [1.807, 2.05) is 0 Å². The highest BCUT2D eigenvalue weighted by molar-refractivity contribution is 5.84. The van der Waals surface area contributed by atoms with Crippen molar-refractivity contribution in [3.05, 3.63) is 100 Å². The molecular weight excluding hydrogens is 472 g/mol. The lowest BCUT2D eigenvalue weighted by Gasteiger charge is -2.15. The van der Waals surface area contributed by atoms with Crippen LogP contribution in [-0.4, -0.2) is 10.7 Å². The van der Waals surface area contributed by atoms with Crippen molar-refractivity contribution in [2.24, 2.45) is 0 Å². The van der Waals surface area contributed by atoms with Gasteiger partial charge in [0.2, 0.25) is 0 Å². The first-order valence-corrected chi connectivity index (χ1v) is 15.7. The van der Waals surface area contributed by atoms with Crippen LogP contribution in [0.2, 0.25) is 0 Å². The SMILES string of the molecule is CCCCCCCC=CCCc1ccccc1C(=CC(=C=[N+]=[N-])CCCCCC)c1ccc(CCCC)cc1. The molecule has 210 valence electrons. The van der Waals surface area contributed by atoms with Crippen molar-refractivity contribution in [3.8, 4) is 0 Å². The molecule has 0 saturated heterocycles. The van der Waals surface area contributed by atoms with E-state index in [0.717, 1.165) is 37.7 Å². The summed E-state index contributed by atoms with van der Waals surface area (Å²) in [7, 11) is 0. The van der Waals surface area contributed by atoms with Gasteiger partial charge in [-0.25, -0.2) is 0 Å². The standard InChI is InChI=1S/C37H52N2/c1-4-7-10-12-13-14-15-16-18-23-34-24-19-20-25-36(34)37(30-33(31-39-38)22-17-11-8-5-2)35-28-26-32(27-29-35)21-9-6-3/h15-16,19-20,24-30H,4-14,17-18,21-23H2,1-3H3. The highest BCUT2D eigenvalue weighted by atomic mass is 14.8. The number of allylic oxidation sites excluding steroid dienone is 4. The Morgan fingerprint density at radius 1 is 0.718 bits per heavy atom. The van der Waals surface area contributed by atoms with E-state index in [4.69, 9.17) is 0 Å². The van der Waals surface area contributed by atoms with E-state index in [9.17, 15) is 5.53 Å². The minimum absolute atomic E-state index is 0.866. The van der Waals surface area contributed by atoms with Crippen LogP contribution in [-0.2, 0) is 12.8 Å². The van der Waals surface area contributed by atoms with E-state index < -0.39 is 0 Å². The number of unbranched alkanes of at least 4 members (excludes halogenated alkanes) is 9. The number of hydrogen-bond donors (Lipinski definition) is 0. The van der Waals surface area contributed by atoms with Gasteiger partial charge in [0.25, 0.3) is 0 Å². The van der Waals surface area contributed by atoms with Crippen LogP contribution in [0.5, 0.6) is 0 Å². The summed E-state index contributed by atoms with van der Waals surface area (Å²) in [6.45, 7) is 6.74. The maximum atomic E-state index is 9.37. The summed E-state index contributed by atoms with van der Waals surface area (Å²) in [5.41, 5.74) is 16.7. The number of benzene rings is 2. The van der Waals surface area contributed by atoms with Crippen molar-refractivity contribution in [1.82, 2.24) is 0 Å². The normalized spacial score (nSPS) is 11.5. The second-order valence-electron chi connectivity index (χ2n) is 10.8. The van der Waals surface area contributed by atoms with Crippen LogP contribution in [0.3, 0.4) is 0 Å². The van der Waals surface area contributed by atoms with Crippen LogP contribution in [0.4, 0.5) is 0 Å². The average molecular weight is 525 g/mol. The monoisotopic (exact) mass is 524 g/mol. The zero-order chi connectivity index (χ0) is 28.0. The molecule has 2 rings (SSSR count). The molecule has 0 aliphatic rings. The first kappa shape index (κ1) is 32.3. The van der Waals surface area contributed by atoms with Gasteiger partial charge in [-0.1, -0.05) is 133 Å². The largest absolute Gasteiger partial charge is 0.348 e. The number of hydrogen-bond acceptors (Lipinski definition) is 0. The van der Waals surface area contributed by atoms with Crippen molar-refractivity contribution in [1.29, 1.82) is 0 Å². The molecule has 0 saturated carbocycles. The molecule has 2 aromatic carbocycles. The highest BCUT2D eigenvalue weighted by Gasteiger charge is 2.12. The van der Waals surface area contributed by atoms with Gasteiger partial charge in [-0.05, 0) is 85.3 Å². The zero-order valence-corrected chi connectivity index (χ0v) is 25.1. The fourth-order valence-corrected chi connectivity index (χ4v) is 5.03. The van der Waals surface area contributed by atoms with Crippen molar-refractivity contribution in [2.75, 3.05) is 0 Å². The minimum atomic E-state index is 0.866. The highest BCUT2D eigenvalue weighted by Crippen LogP contribution is 2.30. The second kappa shape index (κ2) is 21.0. The van der Waals surface area contributed by atoms with E-state index in [0.29, 0.717) is 0 Å². The van der Waals surface area contributed by atoms with Gasteiger partial charge in [0, 0.05) is 0 Å². The van der Waals surface area contributed by atoms with Crippen LogP contribution in [0, 0.1) is 0 Å². The van der Waals surface area contributed by atoms with Gasteiger partial charge in [-0.15, -0.1) is 4.79 Å². The van der Waals surface area contributed by atoms with E-state index in [2.05, 4.69) is 98.2 Å². The molecule has 0 N–H and O–H groups in total. The maximum absolute atomic E-state index is 9.37. The van der Waals surface area contributed by atoms with E-state index in [1.54, 1.807) is 0 Å². The van der Waals surface area contributed by atoms with Gasteiger partial charge in [0.1, 0.15) is 0 Å². The Hall–Kier alpha value is -2.92. The summed E-state index contributed by atoms with van der Waals surface area (Å²) in [6, 6.07) is 17.9. The average Bonchev–Trinajstić information content (AvgIpc) is 2.96. The summed E-state index contributed by atoms with van der Waals surface area (Å²) in [4.78, 5) is 3.31. The Kier molecular flexibility index (Phi) is 17.4. The van der Waals surface area contributed by atoms with Crippen LogP contribution < -0.4 is 0 Å². The van der Waals surface area contributed by atoms with E-state index >= 15 is 0 Å². The summed E-state index contributed by atoms with van der Waals surface area (Å²) >= 11 is 0. The molecule has 2 nitrogen and oxygen atoms in total. The zero-order valence-electron chi connectivity index (χ0n) is 25.1. The quantitative estimate of drug-likeness (QED) is 0.0412. The van der Waals surface area contributed by atoms with Gasteiger partial charge < -0.3 is 5.53 Å². The Morgan fingerprint density at radius 3 is 2.10 bits per heavy atom. The van der Waals surface area contributed by atoms with Crippen molar-refractivity contribution in [2.45, 2.75) is 124 Å². The molecule has 0 bridgehead atoms. The number of nitrogens with zero attached hydrogens (tertiary/aromatic N) is 2. The molecule has 0 heterocycles. The molecule has 0 unspecified atom stereocenters. The minimum Gasteiger partial charge on any atom is -0.348 e. The lowest BCUT2D eigenvalue weighted by molar-refractivity contribution is 0.00746. The van der Waals surface area contributed by atoms with Crippen LogP contribution >= 0.6 is 0 Å². The van der Waals surface area contributed by atoms with E-state index in [1.165, 1.54) is 98.5 Å². The molecular formula is C37H52N2. The molecule has 0 amide bonds. The molecule has 0 radical (unpaired) electrons. The fourth-order valence-electron chi connectivity index (χ4n) is 5.03. The fraction of sp³-hybridized carbons (Fsp3) is 0.514. The van der Waals surface area contributed by atoms with Gasteiger partial charge in [0.15, 0.2) is 0 Å². The smallest absolute Gasteiger partial charge is 0.303 e. The summed E-state index contributed by atoms with van der Waals surface area (Å²) in [6.07, 6.45) is 26.0. The van der Waals surface area contributed by atoms with Crippen LogP contribution in [0.15, 0.2) is 72.3 Å². The van der Waals surface area contributed by atoms with Gasteiger partial charge >= 0.3 is 5.87 Å². The van der Waals surface area contributed by atoms with Crippen molar-refractivity contribution < 1.29 is 4.79 Å². The predicted molar refractivity (Wildman–Crippen MR) is 170 cm³/mol. The lowest BCUT2D eigenvalue weighted by atomic mass is 9.89. The number of aryl methyl sites for hydroxylation is 2. The third kappa shape index (κ3) is 13.1. The third-order valence-corrected chi connectivity index (χ3v) is 7.42. The first-order chi connectivity index (χ1) is 19.2. The Bertz CT molecular complexity index is 1080. The summed E-state index contributed by atoms with van der Waals surface area (Å²) < 4.78 is 0. The molecule has 2 heteroatoms. The molecule has 0 spiro atoms. The first-order valence-electron chi connectivity index (χ1n) is 15.7. The van der Waals surface area contributed by atoms with Crippen LogP contribution in [0.1, 0.15) is 133 Å². The number of rotatable bonds is 20. The van der Waals surface area contributed by atoms with E-state index in [-0.39, 0.29) is 0 Å².